The Labute approximate surface area is 118 Å². The quantitative estimate of drug-likeness (QED) is 0.777. The highest BCUT2D eigenvalue weighted by Gasteiger charge is 2.36. The number of rotatable bonds is 7. The summed E-state index contributed by atoms with van der Waals surface area (Å²) < 4.78 is 26.4. The predicted octanol–water partition coefficient (Wildman–Crippen LogP) is 1.83. The molecule has 5 heteroatoms. The number of nitrogens with one attached hydrogen (secondary N) is 1. The molecule has 2 aliphatic rings. The molecule has 1 aliphatic heterocycles. The van der Waals surface area contributed by atoms with Crippen molar-refractivity contribution in [1.29, 1.82) is 0 Å². The highest BCUT2D eigenvalue weighted by Crippen LogP contribution is 2.32. The van der Waals surface area contributed by atoms with E-state index in [0.29, 0.717) is 36.7 Å². The van der Waals surface area contributed by atoms with Crippen LogP contribution in [-0.2, 0) is 10.0 Å². The molecule has 2 unspecified atom stereocenters. The van der Waals surface area contributed by atoms with Crippen molar-refractivity contribution in [2.45, 2.75) is 52.0 Å². The van der Waals surface area contributed by atoms with Crippen LogP contribution in [-0.4, -0.2) is 44.2 Å². The van der Waals surface area contributed by atoms with Crippen molar-refractivity contribution in [2.75, 3.05) is 25.4 Å². The summed E-state index contributed by atoms with van der Waals surface area (Å²) >= 11 is 0. The molecule has 0 amide bonds. The monoisotopic (exact) mass is 288 g/mol. The van der Waals surface area contributed by atoms with Gasteiger partial charge in [0.1, 0.15) is 0 Å². The first-order chi connectivity index (χ1) is 9.06. The maximum absolute atomic E-state index is 12.3. The minimum absolute atomic E-state index is 0.385. The lowest BCUT2D eigenvalue weighted by Crippen LogP contribution is -2.51. The van der Waals surface area contributed by atoms with E-state index in [2.05, 4.69) is 19.2 Å². The van der Waals surface area contributed by atoms with E-state index >= 15 is 0 Å². The molecule has 2 atom stereocenters. The fourth-order valence-electron chi connectivity index (χ4n) is 2.95. The van der Waals surface area contributed by atoms with Gasteiger partial charge in [0.2, 0.25) is 10.0 Å². The normalized spacial score (nSPS) is 29.6. The third-order valence-electron chi connectivity index (χ3n) is 4.41. The van der Waals surface area contributed by atoms with E-state index in [-0.39, 0.29) is 0 Å². The van der Waals surface area contributed by atoms with Crippen LogP contribution in [0.15, 0.2) is 0 Å². The van der Waals surface area contributed by atoms with E-state index < -0.39 is 10.0 Å². The number of hydrogen-bond donors (Lipinski definition) is 1. The molecule has 0 spiro atoms. The van der Waals surface area contributed by atoms with Gasteiger partial charge in [-0.15, -0.1) is 0 Å². The molecule has 0 radical (unpaired) electrons. The number of sulfonamides is 1. The Morgan fingerprint density at radius 3 is 2.53 bits per heavy atom. The zero-order valence-corrected chi connectivity index (χ0v) is 13.1. The van der Waals surface area contributed by atoms with Crippen LogP contribution >= 0.6 is 0 Å². The molecule has 2 rings (SSSR count). The second kappa shape index (κ2) is 6.55. The highest BCUT2D eigenvalue weighted by molar-refractivity contribution is 7.89. The van der Waals surface area contributed by atoms with Crippen LogP contribution < -0.4 is 5.32 Å². The molecule has 0 aromatic heterocycles. The summed E-state index contributed by atoms with van der Waals surface area (Å²) in [6.07, 6.45) is 5.35. The average Bonchev–Trinajstić information content (AvgIpc) is 3.19. The van der Waals surface area contributed by atoms with Crippen molar-refractivity contribution in [3.8, 4) is 0 Å². The van der Waals surface area contributed by atoms with Crippen LogP contribution in [0.2, 0.25) is 0 Å². The summed E-state index contributed by atoms with van der Waals surface area (Å²) in [5.74, 6) is 1.30. The summed E-state index contributed by atoms with van der Waals surface area (Å²) in [5.41, 5.74) is 0. The lowest BCUT2D eigenvalue weighted by Gasteiger charge is -2.38. The van der Waals surface area contributed by atoms with Gasteiger partial charge < -0.3 is 5.32 Å². The van der Waals surface area contributed by atoms with Crippen molar-refractivity contribution >= 4 is 10.0 Å². The van der Waals surface area contributed by atoms with Crippen LogP contribution in [0.1, 0.15) is 46.0 Å². The molecule has 19 heavy (non-hydrogen) atoms. The fourth-order valence-corrected chi connectivity index (χ4v) is 4.89. The lowest BCUT2D eigenvalue weighted by molar-refractivity contribution is 0.202. The summed E-state index contributed by atoms with van der Waals surface area (Å²) in [6.45, 7) is 6.79. The van der Waals surface area contributed by atoms with Gasteiger partial charge in [-0.05, 0) is 44.1 Å². The largest absolute Gasteiger partial charge is 0.314 e. The summed E-state index contributed by atoms with van der Waals surface area (Å²) in [7, 11) is -3.00. The van der Waals surface area contributed by atoms with Crippen molar-refractivity contribution < 1.29 is 8.42 Å². The Balaban J connectivity index is 1.91. The van der Waals surface area contributed by atoms with Gasteiger partial charge in [0.05, 0.1) is 5.75 Å². The second-order valence-corrected chi connectivity index (χ2v) is 8.11. The Morgan fingerprint density at radius 1 is 1.21 bits per heavy atom. The first-order valence-corrected chi connectivity index (χ1v) is 9.39. The van der Waals surface area contributed by atoms with Crippen molar-refractivity contribution in [3.05, 3.63) is 0 Å². The standard InChI is InChI=1S/C14H28N2O2S/c1-3-8-15-14-7-9-16(10-13(14)4-2)19(17,18)11-12-5-6-12/h12-15H,3-11H2,1-2H3. The first kappa shape index (κ1) is 15.3. The van der Waals surface area contributed by atoms with E-state index in [1.807, 2.05) is 0 Å². The second-order valence-electron chi connectivity index (χ2n) is 6.10. The van der Waals surface area contributed by atoms with Crippen LogP contribution in [0, 0.1) is 11.8 Å². The molecule has 4 nitrogen and oxygen atoms in total. The van der Waals surface area contributed by atoms with Gasteiger partial charge in [0.25, 0.3) is 0 Å². The molecule has 112 valence electrons. The minimum Gasteiger partial charge on any atom is -0.314 e. The van der Waals surface area contributed by atoms with Gasteiger partial charge in [0.15, 0.2) is 0 Å². The molecular formula is C14H28N2O2S. The number of piperidine rings is 1. The SMILES string of the molecule is CCCNC1CCN(S(=O)(=O)CC2CC2)CC1CC. The van der Waals surface area contributed by atoms with Crippen LogP contribution in [0.25, 0.3) is 0 Å². The number of nitrogens with zero attached hydrogens (tertiary/aromatic N) is 1. The molecule has 1 saturated carbocycles. The van der Waals surface area contributed by atoms with Crippen LogP contribution in [0.3, 0.4) is 0 Å². The summed E-state index contributed by atoms with van der Waals surface area (Å²) in [6, 6.07) is 0.498. The van der Waals surface area contributed by atoms with Gasteiger partial charge in [-0.1, -0.05) is 20.3 Å². The number of hydrogen-bond acceptors (Lipinski definition) is 3. The Morgan fingerprint density at radius 2 is 1.95 bits per heavy atom. The zero-order valence-electron chi connectivity index (χ0n) is 12.3. The van der Waals surface area contributed by atoms with Crippen LogP contribution in [0.4, 0.5) is 0 Å². The molecule has 1 heterocycles. The average molecular weight is 288 g/mol. The molecule has 1 aliphatic carbocycles. The topological polar surface area (TPSA) is 49.4 Å². The summed E-state index contributed by atoms with van der Waals surface area (Å²) in [5, 5.41) is 3.58. The molecule has 0 bridgehead atoms. The van der Waals surface area contributed by atoms with Crippen molar-refractivity contribution in [2.24, 2.45) is 11.8 Å². The maximum atomic E-state index is 12.3. The van der Waals surface area contributed by atoms with Gasteiger partial charge in [-0.3, -0.25) is 0 Å². The smallest absolute Gasteiger partial charge is 0.214 e. The third kappa shape index (κ3) is 4.17. The van der Waals surface area contributed by atoms with E-state index in [1.54, 1.807) is 4.31 Å². The Kier molecular flexibility index (Phi) is 5.26. The van der Waals surface area contributed by atoms with E-state index in [0.717, 1.165) is 38.6 Å². The fraction of sp³-hybridized carbons (Fsp3) is 1.00. The van der Waals surface area contributed by atoms with Gasteiger partial charge in [0, 0.05) is 19.1 Å². The van der Waals surface area contributed by atoms with Crippen molar-refractivity contribution in [3.63, 3.8) is 0 Å². The van der Waals surface area contributed by atoms with E-state index in [9.17, 15) is 8.42 Å². The van der Waals surface area contributed by atoms with Crippen LogP contribution in [0.5, 0.6) is 0 Å². The minimum atomic E-state index is -3.00. The van der Waals surface area contributed by atoms with Gasteiger partial charge in [-0.25, -0.2) is 12.7 Å². The van der Waals surface area contributed by atoms with E-state index in [4.69, 9.17) is 0 Å². The first-order valence-electron chi connectivity index (χ1n) is 7.78. The maximum Gasteiger partial charge on any atom is 0.214 e. The Hall–Kier alpha value is -0.130. The zero-order chi connectivity index (χ0) is 13.9. The third-order valence-corrected chi connectivity index (χ3v) is 6.43. The highest BCUT2D eigenvalue weighted by atomic mass is 32.2. The van der Waals surface area contributed by atoms with E-state index in [1.165, 1.54) is 0 Å². The molecule has 2 fully saturated rings. The van der Waals surface area contributed by atoms with Gasteiger partial charge >= 0.3 is 0 Å². The van der Waals surface area contributed by atoms with Gasteiger partial charge in [-0.2, -0.15) is 0 Å². The molecule has 0 aromatic rings. The molecule has 1 saturated heterocycles. The summed E-state index contributed by atoms with van der Waals surface area (Å²) in [4.78, 5) is 0. The molecule has 1 N–H and O–H groups in total. The molecule has 0 aromatic carbocycles. The lowest BCUT2D eigenvalue weighted by atomic mass is 9.91. The molecular weight excluding hydrogens is 260 g/mol. The predicted molar refractivity (Wildman–Crippen MR) is 78.6 cm³/mol. The Bertz CT molecular complexity index is 379. The van der Waals surface area contributed by atoms with Crippen molar-refractivity contribution in [1.82, 2.24) is 9.62 Å².